The number of esters is 1. The molecule has 3 aromatic rings. The molecule has 36 heavy (non-hydrogen) atoms. The standard InChI is InChI=1S/C29H25NO6/c1-16-11-17(2)13-22(12-16)30-26(20-5-4-6-23(15-20)36-18(3)31)25(28(33)29(30)34)27(32)21-7-8-24-19(14-21)9-10-35-24/h4-8,11-15,26,32H,9-10H2,1-3H3/b27-25-. The number of aryl methyl sites for hydroxylation is 2. The van der Waals surface area contributed by atoms with Gasteiger partial charge >= 0.3 is 5.97 Å². The number of amides is 1. The summed E-state index contributed by atoms with van der Waals surface area (Å²) in [5, 5.41) is 11.4. The van der Waals surface area contributed by atoms with Crippen molar-refractivity contribution in [2.24, 2.45) is 0 Å². The Morgan fingerprint density at radius 2 is 1.78 bits per heavy atom. The molecule has 2 aliphatic rings. The molecule has 5 rings (SSSR count). The summed E-state index contributed by atoms with van der Waals surface area (Å²) in [6.07, 6.45) is 0.696. The molecule has 182 valence electrons. The number of Topliss-reactive ketones (excluding diaryl/α,β-unsaturated/α-hetero) is 1. The average molecular weight is 484 g/mol. The van der Waals surface area contributed by atoms with Gasteiger partial charge in [0, 0.05) is 24.6 Å². The minimum Gasteiger partial charge on any atom is -0.507 e. The van der Waals surface area contributed by atoms with Crippen LogP contribution in [0.2, 0.25) is 0 Å². The van der Waals surface area contributed by atoms with Gasteiger partial charge in [0.2, 0.25) is 0 Å². The molecule has 0 saturated carbocycles. The van der Waals surface area contributed by atoms with Gasteiger partial charge in [-0.3, -0.25) is 19.3 Å². The maximum absolute atomic E-state index is 13.4. The normalized spacial score (nSPS) is 18.2. The number of hydrogen-bond donors (Lipinski definition) is 1. The Morgan fingerprint density at radius 3 is 2.50 bits per heavy atom. The Balaban J connectivity index is 1.72. The highest BCUT2D eigenvalue weighted by molar-refractivity contribution is 6.51. The van der Waals surface area contributed by atoms with Crippen molar-refractivity contribution in [3.8, 4) is 11.5 Å². The highest BCUT2D eigenvalue weighted by atomic mass is 16.5. The van der Waals surface area contributed by atoms with Gasteiger partial charge in [-0.25, -0.2) is 0 Å². The van der Waals surface area contributed by atoms with Crippen molar-refractivity contribution in [3.05, 3.63) is 94.1 Å². The van der Waals surface area contributed by atoms with E-state index in [1.807, 2.05) is 32.0 Å². The Labute approximate surface area is 208 Å². The largest absolute Gasteiger partial charge is 0.507 e. The van der Waals surface area contributed by atoms with Gasteiger partial charge in [0.1, 0.15) is 17.3 Å². The van der Waals surface area contributed by atoms with Crippen LogP contribution >= 0.6 is 0 Å². The SMILES string of the molecule is CC(=O)Oc1cccc(C2/C(=C(/O)c3ccc4c(c3)CCO4)C(=O)C(=O)N2c2cc(C)cc(C)c2)c1. The molecule has 0 spiro atoms. The average Bonchev–Trinajstić information content (AvgIpc) is 3.39. The molecule has 7 nitrogen and oxygen atoms in total. The predicted molar refractivity (Wildman–Crippen MR) is 134 cm³/mol. The second-order valence-corrected chi connectivity index (χ2v) is 9.10. The minimum atomic E-state index is -0.925. The molecule has 1 fully saturated rings. The van der Waals surface area contributed by atoms with Gasteiger partial charge in [-0.15, -0.1) is 0 Å². The summed E-state index contributed by atoms with van der Waals surface area (Å²) >= 11 is 0. The number of anilines is 1. The van der Waals surface area contributed by atoms with E-state index in [2.05, 4.69) is 0 Å². The summed E-state index contributed by atoms with van der Waals surface area (Å²) in [4.78, 5) is 39.8. The lowest BCUT2D eigenvalue weighted by Crippen LogP contribution is -2.29. The number of benzene rings is 3. The van der Waals surface area contributed by atoms with Crippen molar-refractivity contribution < 1.29 is 29.0 Å². The van der Waals surface area contributed by atoms with Crippen LogP contribution in [0.1, 0.15) is 40.8 Å². The van der Waals surface area contributed by atoms with E-state index in [0.717, 1.165) is 22.4 Å². The predicted octanol–water partition coefficient (Wildman–Crippen LogP) is 4.79. The first kappa shape index (κ1) is 23.4. The van der Waals surface area contributed by atoms with E-state index >= 15 is 0 Å². The Hall–Kier alpha value is -4.39. The first-order valence-corrected chi connectivity index (χ1v) is 11.7. The van der Waals surface area contributed by atoms with Gasteiger partial charge in [-0.2, -0.15) is 0 Å². The summed E-state index contributed by atoms with van der Waals surface area (Å²) < 4.78 is 10.8. The van der Waals surface area contributed by atoms with E-state index in [0.29, 0.717) is 29.8 Å². The van der Waals surface area contributed by atoms with Gasteiger partial charge in [0.05, 0.1) is 18.2 Å². The number of fused-ring (bicyclic) bond motifs is 1. The molecule has 0 bridgehead atoms. The molecule has 7 heteroatoms. The third kappa shape index (κ3) is 4.13. The minimum absolute atomic E-state index is 0.0296. The van der Waals surface area contributed by atoms with Crippen LogP contribution in [0.15, 0.2) is 66.2 Å². The second-order valence-electron chi connectivity index (χ2n) is 9.10. The fraction of sp³-hybridized carbons (Fsp3) is 0.207. The van der Waals surface area contributed by atoms with Gasteiger partial charge < -0.3 is 14.6 Å². The second kappa shape index (κ2) is 9.00. The van der Waals surface area contributed by atoms with E-state index in [1.165, 1.54) is 11.8 Å². The van der Waals surface area contributed by atoms with Crippen LogP contribution in [0.4, 0.5) is 5.69 Å². The van der Waals surface area contributed by atoms with E-state index in [9.17, 15) is 19.5 Å². The zero-order chi connectivity index (χ0) is 25.6. The third-order valence-electron chi connectivity index (χ3n) is 6.33. The number of carbonyl (C=O) groups excluding carboxylic acids is 3. The molecule has 1 atom stereocenters. The molecular formula is C29H25NO6. The van der Waals surface area contributed by atoms with E-state index in [4.69, 9.17) is 9.47 Å². The molecule has 0 radical (unpaired) electrons. The lowest BCUT2D eigenvalue weighted by molar-refractivity contribution is -0.132. The van der Waals surface area contributed by atoms with Gasteiger partial charge in [-0.1, -0.05) is 18.2 Å². The quantitative estimate of drug-likeness (QED) is 0.189. The molecule has 2 aliphatic heterocycles. The van der Waals surface area contributed by atoms with Crippen LogP contribution in [0.3, 0.4) is 0 Å². The number of aliphatic hydroxyl groups is 1. The fourth-order valence-electron chi connectivity index (χ4n) is 4.91. The summed E-state index contributed by atoms with van der Waals surface area (Å²) in [6.45, 7) is 5.68. The highest BCUT2D eigenvalue weighted by Gasteiger charge is 2.47. The van der Waals surface area contributed by atoms with Crippen LogP contribution in [-0.2, 0) is 20.8 Å². The molecule has 1 saturated heterocycles. The van der Waals surface area contributed by atoms with E-state index in [-0.39, 0.29) is 17.1 Å². The Bertz CT molecular complexity index is 1430. The zero-order valence-corrected chi connectivity index (χ0v) is 20.2. The number of ether oxygens (including phenoxy) is 2. The van der Waals surface area contributed by atoms with Gasteiger partial charge in [-0.05, 0) is 78.6 Å². The zero-order valence-electron chi connectivity index (χ0n) is 20.2. The topological polar surface area (TPSA) is 93.1 Å². The van der Waals surface area contributed by atoms with Crippen molar-refractivity contribution >= 4 is 29.1 Å². The molecule has 0 aromatic heterocycles. The molecule has 1 unspecified atom stereocenters. The van der Waals surface area contributed by atoms with Crippen LogP contribution in [0, 0.1) is 13.8 Å². The fourth-order valence-corrected chi connectivity index (χ4v) is 4.91. The number of carbonyl (C=O) groups is 3. The summed E-state index contributed by atoms with van der Waals surface area (Å²) in [5.41, 5.74) is 4.25. The molecule has 1 N–H and O–H groups in total. The summed E-state index contributed by atoms with van der Waals surface area (Å²) in [5.74, 6) is -1.26. The van der Waals surface area contributed by atoms with Crippen LogP contribution in [0.5, 0.6) is 11.5 Å². The van der Waals surface area contributed by atoms with Crippen LogP contribution in [-0.4, -0.2) is 29.4 Å². The van der Waals surface area contributed by atoms with Crippen LogP contribution < -0.4 is 14.4 Å². The maximum Gasteiger partial charge on any atom is 0.308 e. The smallest absolute Gasteiger partial charge is 0.308 e. The highest BCUT2D eigenvalue weighted by Crippen LogP contribution is 2.43. The van der Waals surface area contributed by atoms with Gasteiger partial charge in [0.25, 0.3) is 11.7 Å². The molecular weight excluding hydrogens is 458 g/mol. The molecule has 1 amide bonds. The van der Waals surface area contributed by atoms with Crippen molar-refractivity contribution in [2.75, 3.05) is 11.5 Å². The number of ketones is 1. The Kier molecular flexibility index (Phi) is 5.84. The number of hydrogen-bond acceptors (Lipinski definition) is 6. The number of aliphatic hydroxyl groups excluding tert-OH is 1. The first-order valence-electron chi connectivity index (χ1n) is 11.7. The first-order chi connectivity index (χ1) is 17.2. The molecule has 0 aliphatic carbocycles. The summed E-state index contributed by atoms with van der Waals surface area (Å²) in [6, 6.07) is 16.6. The number of rotatable bonds is 4. The number of nitrogens with zero attached hydrogens (tertiary/aromatic N) is 1. The van der Waals surface area contributed by atoms with Gasteiger partial charge in [0.15, 0.2) is 0 Å². The van der Waals surface area contributed by atoms with Crippen molar-refractivity contribution in [1.82, 2.24) is 0 Å². The molecule has 3 aromatic carbocycles. The lowest BCUT2D eigenvalue weighted by atomic mass is 9.94. The molecule has 2 heterocycles. The van der Waals surface area contributed by atoms with E-state index < -0.39 is 23.7 Å². The van der Waals surface area contributed by atoms with Crippen LogP contribution in [0.25, 0.3) is 5.76 Å². The Morgan fingerprint density at radius 1 is 1.03 bits per heavy atom. The van der Waals surface area contributed by atoms with Crippen molar-refractivity contribution in [2.45, 2.75) is 33.2 Å². The van der Waals surface area contributed by atoms with Crippen molar-refractivity contribution in [3.63, 3.8) is 0 Å². The van der Waals surface area contributed by atoms with E-state index in [1.54, 1.807) is 42.5 Å². The monoisotopic (exact) mass is 483 g/mol. The maximum atomic E-state index is 13.4. The lowest BCUT2D eigenvalue weighted by Gasteiger charge is -2.26. The van der Waals surface area contributed by atoms with Crippen molar-refractivity contribution in [1.29, 1.82) is 0 Å². The third-order valence-corrected chi connectivity index (χ3v) is 6.33. The summed E-state index contributed by atoms with van der Waals surface area (Å²) in [7, 11) is 0.